The van der Waals surface area contributed by atoms with Crippen LogP contribution in [0.2, 0.25) is 5.02 Å². The molecule has 0 N–H and O–H groups in total. The number of carbonyl (C=O) groups is 2. The van der Waals surface area contributed by atoms with Crippen LogP contribution in [0.15, 0.2) is 53.4 Å². The molecule has 0 aliphatic carbocycles. The minimum absolute atomic E-state index is 0.153. The Kier molecular flexibility index (Phi) is 6.24. The lowest BCUT2D eigenvalue weighted by Gasteiger charge is -2.12. The molecule has 1 aliphatic heterocycles. The number of halogens is 1. The number of amides is 2. The van der Waals surface area contributed by atoms with Crippen molar-refractivity contribution in [2.45, 2.75) is 32.9 Å². The first-order chi connectivity index (χ1) is 13.0. The van der Waals surface area contributed by atoms with Crippen LogP contribution < -0.4 is 4.74 Å². The number of thioether (sulfide) groups is 1. The molecule has 1 saturated heterocycles. The predicted molar refractivity (Wildman–Crippen MR) is 110 cm³/mol. The fourth-order valence-corrected chi connectivity index (χ4v) is 3.48. The highest BCUT2D eigenvalue weighted by Crippen LogP contribution is 2.33. The van der Waals surface area contributed by atoms with Gasteiger partial charge < -0.3 is 4.74 Å². The maximum absolute atomic E-state index is 12.6. The Balaban J connectivity index is 1.71. The number of hydrogen-bond acceptors (Lipinski definition) is 4. The maximum Gasteiger partial charge on any atom is 0.293 e. The summed E-state index contributed by atoms with van der Waals surface area (Å²) in [5.74, 6) is 0.511. The highest BCUT2D eigenvalue weighted by atomic mass is 35.5. The van der Waals surface area contributed by atoms with Crippen molar-refractivity contribution in [1.82, 2.24) is 4.90 Å². The van der Waals surface area contributed by atoms with E-state index in [9.17, 15) is 9.59 Å². The SMILES string of the molecule is CC[C@H](C)Oc1ccc(/C=C2\SC(=O)N(Cc3ccc(Cl)cc3)C2=O)cc1. The minimum Gasteiger partial charge on any atom is -0.491 e. The van der Waals surface area contributed by atoms with Crippen LogP contribution in [0.3, 0.4) is 0 Å². The lowest BCUT2D eigenvalue weighted by molar-refractivity contribution is -0.123. The third kappa shape index (κ3) is 4.93. The van der Waals surface area contributed by atoms with Crippen LogP contribution in [-0.2, 0) is 11.3 Å². The average Bonchev–Trinajstić information content (AvgIpc) is 2.92. The zero-order valence-corrected chi connectivity index (χ0v) is 16.7. The van der Waals surface area contributed by atoms with Crippen molar-refractivity contribution in [1.29, 1.82) is 0 Å². The Labute approximate surface area is 168 Å². The molecular weight excluding hydrogens is 382 g/mol. The highest BCUT2D eigenvalue weighted by Gasteiger charge is 2.34. The molecule has 0 unspecified atom stereocenters. The zero-order chi connectivity index (χ0) is 19.4. The van der Waals surface area contributed by atoms with Crippen LogP contribution >= 0.6 is 23.4 Å². The molecule has 2 amide bonds. The number of nitrogens with zero attached hydrogens (tertiary/aromatic N) is 1. The lowest BCUT2D eigenvalue weighted by Crippen LogP contribution is -2.27. The van der Waals surface area contributed by atoms with Crippen molar-refractivity contribution in [2.75, 3.05) is 0 Å². The summed E-state index contributed by atoms with van der Waals surface area (Å²) in [7, 11) is 0. The van der Waals surface area contributed by atoms with Crippen molar-refractivity contribution in [3.8, 4) is 5.75 Å². The average molecular weight is 402 g/mol. The van der Waals surface area contributed by atoms with Gasteiger partial charge in [0.15, 0.2) is 0 Å². The molecule has 0 bridgehead atoms. The standard InChI is InChI=1S/C21H20ClNO3S/c1-3-14(2)26-18-10-6-15(7-11-18)12-19-20(24)23(21(25)27-19)13-16-4-8-17(22)9-5-16/h4-12,14H,3,13H2,1-2H3/b19-12-/t14-/m0/s1. The van der Waals surface area contributed by atoms with Gasteiger partial charge in [0.1, 0.15) is 5.75 Å². The van der Waals surface area contributed by atoms with Gasteiger partial charge in [0.2, 0.25) is 0 Å². The van der Waals surface area contributed by atoms with E-state index in [1.165, 1.54) is 4.90 Å². The molecule has 0 spiro atoms. The summed E-state index contributed by atoms with van der Waals surface area (Å²) < 4.78 is 5.75. The Hall–Kier alpha value is -2.24. The fourth-order valence-electron chi connectivity index (χ4n) is 2.52. The van der Waals surface area contributed by atoms with Gasteiger partial charge in [-0.3, -0.25) is 14.5 Å². The summed E-state index contributed by atoms with van der Waals surface area (Å²) >= 11 is 6.84. The number of benzene rings is 2. The first-order valence-corrected chi connectivity index (χ1v) is 9.92. The van der Waals surface area contributed by atoms with Gasteiger partial charge in [-0.05, 0) is 66.6 Å². The quantitative estimate of drug-likeness (QED) is 0.578. The second-order valence-corrected chi connectivity index (χ2v) is 7.73. The topological polar surface area (TPSA) is 46.6 Å². The molecule has 4 nitrogen and oxygen atoms in total. The van der Waals surface area contributed by atoms with Gasteiger partial charge in [-0.1, -0.05) is 42.8 Å². The van der Waals surface area contributed by atoms with E-state index in [0.717, 1.165) is 35.1 Å². The minimum atomic E-state index is -0.278. The Morgan fingerprint density at radius 1 is 1.11 bits per heavy atom. The van der Waals surface area contributed by atoms with Gasteiger partial charge in [-0.15, -0.1) is 0 Å². The van der Waals surface area contributed by atoms with E-state index in [0.29, 0.717) is 9.93 Å². The molecule has 27 heavy (non-hydrogen) atoms. The van der Waals surface area contributed by atoms with E-state index in [-0.39, 0.29) is 23.8 Å². The predicted octanol–water partition coefficient (Wildman–Crippen LogP) is 5.75. The monoisotopic (exact) mass is 401 g/mol. The second kappa shape index (κ2) is 8.63. The summed E-state index contributed by atoms with van der Waals surface area (Å²) in [6.07, 6.45) is 2.82. The smallest absolute Gasteiger partial charge is 0.293 e. The molecule has 1 aliphatic rings. The number of hydrogen-bond donors (Lipinski definition) is 0. The van der Waals surface area contributed by atoms with Crippen LogP contribution in [0.5, 0.6) is 5.75 Å². The number of imide groups is 1. The molecule has 6 heteroatoms. The van der Waals surface area contributed by atoms with Crippen molar-refractivity contribution >= 4 is 40.6 Å². The Bertz CT molecular complexity index is 862. The molecule has 0 radical (unpaired) electrons. The van der Waals surface area contributed by atoms with Crippen molar-refractivity contribution in [3.63, 3.8) is 0 Å². The molecule has 2 aromatic rings. The molecule has 3 rings (SSSR count). The molecule has 2 aromatic carbocycles. The summed E-state index contributed by atoms with van der Waals surface area (Å²) in [5, 5.41) is 0.353. The van der Waals surface area contributed by atoms with E-state index in [1.807, 2.05) is 43.3 Å². The Morgan fingerprint density at radius 2 is 1.78 bits per heavy atom. The van der Waals surface area contributed by atoms with Gasteiger partial charge >= 0.3 is 0 Å². The van der Waals surface area contributed by atoms with E-state index in [2.05, 4.69) is 6.92 Å². The highest BCUT2D eigenvalue weighted by molar-refractivity contribution is 8.18. The molecule has 0 aromatic heterocycles. The zero-order valence-electron chi connectivity index (χ0n) is 15.1. The van der Waals surface area contributed by atoms with Gasteiger partial charge in [0.25, 0.3) is 11.1 Å². The van der Waals surface area contributed by atoms with Crippen molar-refractivity contribution in [2.24, 2.45) is 0 Å². The van der Waals surface area contributed by atoms with Gasteiger partial charge in [-0.2, -0.15) is 0 Å². The van der Waals surface area contributed by atoms with E-state index in [1.54, 1.807) is 18.2 Å². The summed E-state index contributed by atoms with van der Waals surface area (Å²) in [6, 6.07) is 14.6. The number of ether oxygens (including phenoxy) is 1. The third-order valence-electron chi connectivity index (χ3n) is 4.22. The summed E-state index contributed by atoms with van der Waals surface area (Å²) in [4.78, 5) is 26.5. The van der Waals surface area contributed by atoms with Crippen molar-refractivity contribution in [3.05, 3.63) is 69.6 Å². The first-order valence-electron chi connectivity index (χ1n) is 8.73. The lowest BCUT2D eigenvalue weighted by atomic mass is 10.2. The van der Waals surface area contributed by atoms with E-state index >= 15 is 0 Å². The van der Waals surface area contributed by atoms with E-state index < -0.39 is 0 Å². The second-order valence-electron chi connectivity index (χ2n) is 6.30. The van der Waals surface area contributed by atoms with Gasteiger partial charge in [0.05, 0.1) is 17.6 Å². The van der Waals surface area contributed by atoms with Crippen LogP contribution in [-0.4, -0.2) is 22.2 Å². The van der Waals surface area contributed by atoms with Crippen LogP contribution in [0.1, 0.15) is 31.4 Å². The van der Waals surface area contributed by atoms with Gasteiger partial charge in [-0.25, -0.2) is 0 Å². The molecule has 0 saturated carbocycles. The molecular formula is C21H20ClNO3S. The molecule has 1 fully saturated rings. The normalized spacial score (nSPS) is 16.9. The summed E-state index contributed by atoms with van der Waals surface area (Å²) in [5.41, 5.74) is 1.71. The van der Waals surface area contributed by atoms with E-state index in [4.69, 9.17) is 16.3 Å². The summed E-state index contributed by atoms with van der Waals surface area (Å²) in [6.45, 7) is 4.32. The molecule has 1 heterocycles. The maximum atomic E-state index is 12.6. The Morgan fingerprint density at radius 3 is 2.41 bits per heavy atom. The van der Waals surface area contributed by atoms with Crippen LogP contribution in [0.4, 0.5) is 4.79 Å². The molecule has 1 atom stereocenters. The number of rotatable bonds is 6. The third-order valence-corrected chi connectivity index (χ3v) is 5.38. The van der Waals surface area contributed by atoms with Crippen molar-refractivity contribution < 1.29 is 14.3 Å². The number of carbonyl (C=O) groups excluding carboxylic acids is 2. The van der Waals surface area contributed by atoms with Crippen LogP contribution in [0, 0.1) is 0 Å². The molecule has 140 valence electrons. The van der Waals surface area contributed by atoms with Gasteiger partial charge in [0, 0.05) is 5.02 Å². The largest absolute Gasteiger partial charge is 0.491 e. The fraction of sp³-hybridized carbons (Fsp3) is 0.238. The first kappa shape index (κ1) is 19.5. The van der Waals surface area contributed by atoms with Crippen LogP contribution in [0.25, 0.3) is 6.08 Å².